The standard InChI is InChI=1S/C89H137N19O25/c1-19-47(5)65(99-79(129)85(10,11)100-69(118)55(34-36-64(91)115)96-80(130)89(18,20-2)105-71(120)58(92-49(7)111)40-51-30-25-22-26-31-51)75(124)98-66(48(6)110)76(125)104-84(8,9)78(128)97-56(38-46(3)4)70(119)102-88(16,17)82(132)107-43-52(112)41-61(107)73(122)93-54(33-35-63(90)114)68(117)101-87(14,15)83(133)108-44-53(113)42-62(108)74(123)103-86(12,13)81(131)106-37-27-32-60(106)72(121)94-57(39-50-28-23-21-24-29-50)67(116)95-59(45-109)77(126)127/h21-26,28-31,46-48,52-62,65-66,109-110,112-113H,19-20,27,32-45H2,1-18H3,(H2,90,114)(H2,91,115)(H,92,111)(H,93,122)(H,94,121)(H,95,116)(H,96,130)(H,97,128)(H,98,124)(H,99,129)(H,100,118)(H,101,117)(H,102,119)(H,103,123)(H,104,125)(H,105,120)(H,126,127)/t47-,48+,52?,53?,54-,55-,56-,57-,58-,59-,60-,61-,62-,65-,66-,89-/m0/s1. The molecule has 0 saturated carbocycles. The average Bonchev–Trinajstić information content (AvgIpc) is 1.66. The second-order valence-electron chi connectivity index (χ2n) is 37.7. The fourth-order valence-electron chi connectivity index (χ4n) is 15.3. The van der Waals surface area contributed by atoms with Gasteiger partial charge in [-0.2, -0.15) is 0 Å². The maximum absolute atomic E-state index is 14.8. The number of carbonyl (C=O) groups excluding carboxylic acids is 19. The third-order valence-corrected chi connectivity index (χ3v) is 23.5. The second kappa shape index (κ2) is 47.9. The first-order chi connectivity index (χ1) is 61.7. The molecule has 44 nitrogen and oxygen atoms in total. The summed E-state index contributed by atoms with van der Waals surface area (Å²) in [7, 11) is 0. The fraction of sp³-hybridized carbons (Fsp3) is 0.640. The summed E-state index contributed by atoms with van der Waals surface area (Å²) in [6.45, 7) is 22.8. The number of aliphatic hydroxyl groups excluding tert-OH is 4. The summed E-state index contributed by atoms with van der Waals surface area (Å²) in [6.07, 6.45) is -6.62. The third-order valence-electron chi connectivity index (χ3n) is 23.5. The predicted molar refractivity (Wildman–Crippen MR) is 479 cm³/mol. The van der Waals surface area contributed by atoms with E-state index in [0.717, 1.165) is 16.7 Å². The first-order valence-electron chi connectivity index (χ1n) is 44.5. The monoisotopic (exact) mass is 1870 g/mol. The van der Waals surface area contributed by atoms with Crippen LogP contribution in [0.5, 0.6) is 0 Å². The van der Waals surface area contributed by atoms with Crippen LogP contribution >= 0.6 is 0 Å². The Balaban J connectivity index is 1.25. The molecule has 0 aliphatic carbocycles. The molecular formula is C89H137N19O25. The Morgan fingerprint density at radius 3 is 1.29 bits per heavy atom. The number of nitrogens with zero attached hydrogens (tertiary/aromatic N) is 3. The van der Waals surface area contributed by atoms with Gasteiger partial charge in [-0.1, -0.05) is 102 Å². The number of likely N-dealkylation sites (tertiary alicyclic amines) is 3. The highest BCUT2D eigenvalue weighted by atomic mass is 16.4. The summed E-state index contributed by atoms with van der Waals surface area (Å²) in [4.78, 5) is 281. The van der Waals surface area contributed by atoms with Gasteiger partial charge >= 0.3 is 5.97 Å². The highest BCUT2D eigenvalue weighted by Gasteiger charge is 2.52. The molecule has 133 heavy (non-hydrogen) atoms. The van der Waals surface area contributed by atoms with Crippen LogP contribution in [0.1, 0.15) is 206 Å². The van der Waals surface area contributed by atoms with Crippen molar-refractivity contribution in [2.24, 2.45) is 23.3 Å². The van der Waals surface area contributed by atoms with Crippen molar-refractivity contribution in [3.63, 3.8) is 0 Å². The topological polar surface area (TPSA) is 673 Å². The summed E-state index contributed by atoms with van der Waals surface area (Å²) >= 11 is 0. The Bertz CT molecular complexity index is 4590. The molecule has 0 radical (unpaired) electrons. The number of carboxylic acids is 1. The molecule has 0 aromatic heterocycles. The number of β-amino-alcohol motifs (C(OH)–C–C–N with tert-alkyl or cyclic N) is 2. The zero-order chi connectivity index (χ0) is 101. The number of hydrogen-bond donors (Lipinski definition) is 21. The molecule has 738 valence electrons. The molecule has 3 heterocycles. The maximum Gasteiger partial charge on any atom is 0.328 e. The Morgan fingerprint density at radius 2 is 0.842 bits per heavy atom. The lowest BCUT2D eigenvalue weighted by Gasteiger charge is -2.37. The molecule has 0 bridgehead atoms. The molecule has 0 spiro atoms. The van der Waals surface area contributed by atoms with Gasteiger partial charge in [0.05, 0.1) is 24.9 Å². The highest BCUT2D eigenvalue weighted by Crippen LogP contribution is 2.29. The largest absolute Gasteiger partial charge is 0.480 e. The van der Waals surface area contributed by atoms with Crippen LogP contribution in [0.2, 0.25) is 0 Å². The lowest BCUT2D eigenvalue weighted by Crippen LogP contribution is -2.66. The number of primary amides is 2. The minimum Gasteiger partial charge on any atom is -0.480 e. The number of nitrogens with two attached hydrogens (primary N) is 2. The molecule has 2 aromatic rings. The smallest absolute Gasteiger partial charge is 0.328 e. The normalized spacial score (nSPS) is 19.1. The number of amides is 19. The van der Waals surface area contributed by atoms with Crippen molar-refractivity contribution in [1.29, 1.82) is 0 Å². The van der Waals surface area contributed by atoms with Crippen LogP contribution in [0.4, 0.5) is 0 Å². The van der Waals surface area contributed by atoms with E-state index in [4.69, 9.17) is 11.5 Å². The van der Waals surface area contributed by atoms with Crippen molar-refractivity contribution in [3.05, 3.63) is 71.8 Å². The number of benzene rings is 2. The first kappa shape index (κ1) is 111. The second-order valence-corrected chi connectivity index (χ2v) is 37.7. The molecule has 3 aliphatic rings. The van der Waals surface area contributed by atoms with Gasteiger partial charge in [-0.25, -0.2) is 4.79 Å². The summed E-state index contributed by atoms with van der Waals surface area (Å²) in [5.41, 5.74) is 0.812. The van der Waals surface area contributed by atoms with Gasteiger partial charge < -0.3 is 126 Å². The molecule has 3 aliphatic heterocycles. The molecule has 3 fully saturated rings. The van der Waals surface area contributed by atoms with Crippen LogP contribution in [-0.4, -0.2) is 303 Å². The van der Waals surface area contributed by atoms with Crippen molar-refractivity contribution < 1.29 is 121 Å². The molecule has 3 saturated heterocycles. The Morgan fingerprint density at radius 1 is 0.436 bits per heavy atom. The van der Waals surface area contributed by atoms with Gasteiger partial charge in [0.25, 0.3) is 0 Å². The maximum atomic E-state index is 14.8. The van der Waals surface area contributed by atoms with E-state index in [2.05, 4.69) is 74.4 Å². The molecule has 44 heteroatoms. The molecular weight excluding hydrogens is 1740 g/mol. The summed E-state index contributed by atoms with van der Waals surface area (Å²) < 4.78 is 0. The van der Waals surface area contributed by atoms with Gasteiger partial charge in [-0.15, -0.1) is 0 Å². The van der Waals surface area contributed by atoms with Crippen LogP contribution in [-0.2, 0) is 109 Å². The van der Waals surface area contributed by atoms with E-state index in [1.165, 1.54) is 88.0 Å². The molecule has 19 amide bonds. The number of aliphatic carboxylic acids is 1. The quantitative estimate of drug-likeness (QED) is 0.0295. The Kier molecular flexibility index (Phi) is 40.0. The van der Waals surface area contributed by atoms with Gasteiger partial charge in [0, 0.05) is 65.1 Å². The van der Waals surface area contributed by atoms with Gasteiger partial charge in [-0.05, 0) is 145 Å². The summed E-state index contributed by atoms with van der Waals surface area (Å²) in [5, 5.41) is 87.9. The van der Waals surface area contributed by atoms with Crippen LogP contribution in [0, 0.1) is 11.8 Å². The average molecular weight is 1870 g/mol. The number of carbonyl (C=O) groups is 20. The first-order valence-corrected chi connectivity index (χ1v) is 44.5. The molecule has 23 N–H and O–H groups in total. The van der Waals surface area contributed by atoms with E-state index in [-0.39, 0.29) is 63.8 Å². The van der Waals surface area contributed by atoms with E-state index >= 15 is 0 Å². The van der Waals surface area contributed by atoms with Gasteiger partial charge in [0.2, 0.25) is 112 Å². The zero-order valence-corrected chi connectivity index (χ0v) is 78.9. The number of hydrogen-bond acceptors (Lipinski definition) is 24. The van der Waals surface area contributed by atoms with Gasteiger partial charge in [-0.3, -0.25) is 91.1 Å². The Hall–Kier alpha value is -12.3. The number of carboxylic acid groups (broad SMARTS) is 1. The van der Waals surface area contributed by atoms with Crippen molar-refractivity contribution >= 4 is 118 Å². The van der Waals surface area contributed by atoms with Crippen molar-refractivity contribution in [1.82, 2.24) is 89.1 Å². The van der Waals surface area contributed by atoms with Crippen molar-refractivity contribution in [3.8, 4) is 0 Å². The SMILES string of the molecule is CC[C@H](C)[C@H](NC(=O)C(C)(C)NC(=O)[C@H](CCC(N)=O)NC(=O)[C@](C)(CC)NC(=O)[C@H](Cc1ccccc1)NC(C)=O)C(=O)N[C@H](C(=O)NC(C)(C)C(=O)N[C@@H](CC(C)C)C(=O)NC(C)(C)C(=O)N1CC(O)C[C@H]1C(=O)N[C@@H](CCC(N)=O)C(=O)NC(C)(C)C(=O)N1CC(O)C[C@H]1C(=O)NC(C)(C)C(=O)N1CCC[C@H]1C(=O)N[C@@H](Cc1ccccc1)C(=O)N[C@@H](CO)C(=O)O)[C@@H](C)O. The van der Waals surface area contributed by atoms with E-state index in [0.29, 0.717) is 17.5 Å². The fourth-order valence-corrected chi connectivity index (χ4v) is 15.3. The lowest BCUT2D eigenvalue weighted by molar-refractivity contribution is -0.148. The minimum atomic E-state index is -2.01. The molecule has 16 atom stereocenters. The van der Waals surface area contributed by atoms with E-state index in [9.17, 15) is 121 Å². The zero-order valence-electron chi connectivity index (χ0n) is 78.9. The summed E-state index contributed by atoms with van der Waals surface area (Å²) in [6, 6.07) is 0.570. The Labute approximate surface area is 772 Å². The highest BCUT2D eigenvalue weighted by molar-refractivity contribution is 6.04. The van der Waals surface area contributed by atoms with E-state index < -0.39 is 288 Å². The number of nitrogens with one attached hydrogen (secondary N) is 14. The van der Waals surface area contributed by atoms with E-state index in [1.54, 1.807) is 95.3 Å². The lowest BCUT2D eigenvalue weighted by atomic mass is 9.94. The molecule has 2 aromatic carbocycles. The van der Waals surface area contributed by atoms with Crippen LogP contribution in [0.3, 0.4) is 0 Å². The van der Waals surface area contributed by atoms with Crippen molar-refractivity contribution in [2.45, 2.75) is 326 Å². The van der Waals surface area contributed by atoms with Crippen LogP contribution < -0.4 is 85.9 Å². The van der Waals surface area contributed by atoms with E-state index in [1.807, 2.05) is 0 Å². The molecule has 2 unspecified atom stereocenters. The van der Waals surface area contributed by atoms with Gasteiger partial charge in [0.1, 0.15) is 99.7 Å². The van der Waals surface area contributed by atoms with Crippen LogP contribution in [0.25, 0.3) is 0 Å². The summed E-state index contributed by atoms with van der Waals surface area (Å²) in [5.74, 6) is -20.1. The van der Waals surface area contributed by atoms with Crippen molar-refractivity contribution in [2.75, 3.05) is 26.2 Å². The van der Waals surface area contributed by atoms with Gasteiger partial charge in [0.15, 0.2) is 0 Å². The third kappa shape index (κ3) is 31.7. The number of rotatable bonds is 48. The molecule has 5 rings (SSSR count). The predicted octanol–water partition coefficient (Wildman–Crippen LogP) is -4.88. The van der Waals surface area contributed by atoms with Crippen LogP contribution in [0.15, 0.2) is 60.7 Å². The number of aliphatic hydroxyl groups is 4. The minimum absolute atomic E-state index is 0.0154.